The molecule has 0 aliphatic carbocycles. The predicted octanol–water partition coefficient (Wildman–Crippen LogP) is 2.17. The number of amides is 2. The van der Waals surface area contributed by atoms with E-state index in [1.54, 1.807) is 0 Å². The molecule has 3 rings (SSSR count). The predicted molar refractivity (Wildman–Crippen MR) is 97.9 cm³/mol. The molecule has 2 amide bonds. The van der Waals surface area contributed by atoms with Crippen molar-refractivity contribution in [3.05, 3.63) is 35.9 Å². The molecule has 0 spiro atoms. The third kappa shape index (κ3) is 4.60. The van der Waals surface area contributed by atoms with Gasteiger partial charge in [0.15, 0.2) is 0 Å². The van der Waals surface area contributed by atoms with Gasteiger partial charge in [-0.05, 0) is 37.8 Å². The number of hydrogen-bond donors (Lipinski definition) is 1. The van der Waals surface area contributed by atoms with Crippen LogP contribution < -0.4 is 5.32 Å². The van der Waals surface area contributed by atoms with E-state index in [2.05, 4.69) is 45.4 Å². The largest absolute Gasteiger partial charge is 0.356 e. The summed E-state index contributed by atoms with van der Waals surface area (Å²) in [7, 11) is 0. The van der Waals surface area contributed by atoms with E-state index in [4.69, 9.17) is 0 Å². The van der Waals surface area contributed by atoms with Crippen LogP contribution in [0.3, 0.4) is 0 Å². The molecule has 0 bridgehead atoms. The minimum absolute atomic E-state index is 0.0735. The van der Waals surface area contributed by atoms with E-state index >= 15 is 0 Å². The van der Waals surface area contributed by atoms with E-state index in [-0.39, 0.29) is 11.8 Å². The highest BCUT2D eigenvalue weighted by Crippen LogP contribution is 2.31. The summed E-state index contributed by atoms with van der Waals surface area (Å²) < 4.78 is 0. The molecule has 2 heterocycles. The zero-order chi connectivity index (χ0) is 17.6. The van der Waals surface area contributed by atoms with Gasteiger partial charge in [-0.15, -0.1) is 0 Å². The van der Waals surface area contributed by atoms with Crippen LogP contribution in [0, 0.1) is 0 Å². The molecule has 0 radical (unpaired) electrons. The zero-order valence-electron chi connectivity index (χ0n) is 15.1. The highest BCUT2D eigenvalue weighted by atomic mass is 16.2. The van der Waals surface area contributed by atoms with Crippen molar-refractivity contribution in [3.8, 4) is 0 Å². The van der Waals surface area contributed by atoms with Gasteiger partial charge in [0.1, 0.15) is 0 Å². The van der Waals surface area contributed by atoms with E-state index < -0.39 is 0 Å². The average Bonchev–Trinajstić information content (AvgIpc) is 3.24. The second-order valence-electron chi connectivity index (χ2n) is 7.20. The zero-order valence-corrected chi connectivity index (χ0v) is 15.1. The minimum atomic E-state index is -0.0735. The summed E-state index contributed by atoms with van der Waals surface area (Å²) in [6, 6.07) is 11.4. The third-order valence-corrected chi connectivity index (χ3v) is 5.42. The quantitative estimate of drug-likeness (QED) is 0.861. The van der Waals surface area contributed by atoms with Crippen molar-refractivity contribution in [2.45, 2.75) is 57.7 Å². The lowest BCUT2D eigenvalue weighted by molar-refractivity contribution is -0.133. The van der Waals surface area contributed by atoms with E-state index in [0.717, 1.165) is 32.5 Å². The van der Waals surface area contributed by atoms with Crippen molar-refractivity contribution in [1.29, 1.82) is 0 Å². The summed E-state index contributed by atoms with van der Waals surface area (Å²) in [5, 5.41) is 2.73. The van der Waals surface area contributed by atoms with Crippen LogP contribution in [0.1, 0.15) is 44.6 Å². The smallest absolute Gasteiger partial charge is 0.224 e. The van der Waals surface area contributed by atoms with Gasteiger partial charge in [0.05, 0.1) is 0 Å². The number of nitrogens with one attached hydrogen (secondary N) is 1. The Balaban J connectivity index is 1.60. The molecule has 2 atom stereocenters. The van der Waals surface area contributed by atoms with Gasteiger partial charge in [0.2, 0.25) is 11.8 Å². The second kappa shape index (κ2) is 8.48. The Hall–Kier alpha value is -1.88. The Morgan fingerprint density at radius 1 is 1.08 bits per heavy atom. The van der Waals surface area contributed by atoms with Gasteiger partial charge in [-0.3, -0.25) is 14.5 Å². The summed E-state index contributed by atoms with van der Waals surface area (Å²) in [5.74, 6) is 0.110. The van der Waals surface area contributed by atoms with Crippen molar-refractivity contribution in [1.82, 2.24) is 15.1 Å². The van der Waals surface area contributed by atoms with Gasteiger partial charge in [-0.2, -0.15) is 0 Å². The van der Waals surface area contributed by atoms with Crippen LogP contribution in [0.2, 0.25) is 0 Å². The summed E-state index contributed by atoms with van der Waals surface area (Å²) >= 11 is 0. The van der Waals surface area contributed by atoms with Crippen LogP contribution in [0.15, 0.2) is 30.3 Å². The molecule has 1 N–H and O–H groups in total. The first kappa shape index (κ1) is 17.9. The summed E-state index contributed by atoms with van der Waals surface area (Å²) in [5.41, 5.74) is 1.34. The summed E-state index contributed by atoms with van der Waals surface area (Å²) in [4.78, 5) is 28.2. The SMILES string of the molecule is CC(=O)NCCC(=O)N1CCC[C@H]1[C@@H]1CCCN1Cc1ccccc1. The lowest BCUT2D eigenvalue weighted by Gasteiger charge is -2.35. The molecule has 25 heavy (non-hydrogen) atoms. The van der Waals surface area contributed by atoms with Crippen LogP contribution in [0.25, 0.3) is 0 Å². The fourth-order valence-electron chi connectivity index (χ4n) is 4.29. The van der Waals surface area contributed by atoms with Crippen LogP contribution in [-0.2, 0) is 16.1 Å². The monoisotopic (exact) mass is 343 g/mol. The van der Waals surface area contributed by atoms with Crippen LogP contribution in [-0.4, -0.2) is 53.3 Å². The molecule has 0 unspecified atom stereocenters. The first-order valence-electron chi connectivity index (χ1n) is 9.47. The van der Waals surface area contributed by atoms with Crippen molar-refractivity contribution < 1.29 is 9.59 Å². The summed E-state index contributed by atoms with van der Waals surface area (Å²) in [6.07, 6.45) is 4.98. The molecule has 0 aromatic heterocycles. The first-order chi connectivity index (χ1) is 12.1. The van der Waals surface area contributed by atoms with Crippen molar-refractivity contribution in [2.75, 3.05) is 19.6 Å². The standard InChI is InChI=1S/C20H29N3O2/c1-16(24)21-12-11-20(25)23-14-6-10-19(23)18-9-5-13-22(18)15-17-7-3-2-4-8-17/h2-4,7-8,18-19H,5-6,9-15H2,1H3,(H,21,24)/t18-,19-/m0/s1. The van der Waals surface area contributed by atoms with Gasteiger partial charge in [-0.1, -0.05) is 30.3 Å². The van der Waals surface area contributed by atoms with Gasteiger partial charge in [0, 0.05) is 45.1 Å². The van der Waals surface area contributed by atoms with Crippen molar-refractivity contribution >= 4 is 11.8 Å². The average molecular weight is 343 g/mol. The van der Waals surface area contributed by atoms with Crippen LogP contribution in [0.4, 0.5) is 0 Å². The van der Waals surface area contributed by atoms with Crippen molar-refractivity contribution in [3.63, 3.8) is 0 Å². The Morgan fingerprint density at radius 3 is 2.56 bits per heavy atom. The number of carbonyl (C=O) groups is 2. The Labute approximate surface area is 150 Å². The number of benzene rings is 1. The number of nitrogens with zero attached hydrogens (tertiary/aromatic N) is 2. The Bertz CT molecular complexity index is 590. The maximum absolute atomic E-state index is 12.6. The van der Waals surface area contributed by atoms with E-state index in [1.807, 2.05) is 0 Å². The lowest BCUT2D eigenvalue weighted by Crippen LogP contribution is -2.48. The number of carbonyl (C=O) groups excluding carboxylic acids is 2. The van der Waals surface area contributed by atoms with Gasteiger partial charge < -0.3 is 10.2 Å². The molecule has 2 aliphatic rings. The molecule has 1 aromatic carbocycles. The Morgan fingerprint density at radius 2 is 1.80 bits per heavy atom. The maximum Gasteiger partial charge on any atom is 0.224 e. The maximum atomic E-state index is 12.6. The topological polar surface area (TPSA) is 52.7 Å². The van der Waals surface area contributed by atoms with E-state index in [9.17, 15) is 9.59 Å². The number of rotatable bonds is 6. The third-order valence-electron chi connectivity index (χ3n) is 5.42. The molecule has 0 saturated carbocycles. The molecule has 5 heteroatoms. The van der Waals surface area contributed by atoms with Gasteiger partial charge in [0.25, 0.3) is 0 Å². The molecule has 5 nitrogen and oxygen atoms in total. The van der Waals surface area contributed by atoms with Gasteiger partial charge in [-0.25, -0.2) is 0 Å². The molecular weight excluding hydrogens is 314 g/mol. The summed E-state index contributed by atoms with van der Waals surface area (Å²) in [6.45, 7) is 4.87. The normalized spacial score (nSPS) is 23.8. The molecule has 136 valence electrons. The molecular formula is C20H29N3O2. The second-order valence-corrected chi connectivity index (χ2v) is 7.20. The highest BCUT2D eigenvalue weighted by molar-refractivity contribution is 5.78. The van der Waals surface area contributed by atoms with Gasteiger partial charge >= 0.3 is 0 Å². The number of likely N-dealkylation sites (tertiary alicyclic amines) is 2. The van der Waals surface area contributed by atoms with Crippen LogP contribution in [0.5, 0.6) is 0 Å². The molecule has 2 saturated heterocycles. The van der Waals surface area contributed by atoms with Crippen LogP contribution >= 0.6 is 0 Å². The number of hydrogen-bond acceptors (Lipinski definition) is 3. The van der Waals surface area contributed by atoms with E-state index in [0.29, 0.717) is 25.0 Å². The highest BCUT2D eigenvalue weighted by Gasteiger charge is 2.39. The van der Waals surface area contributed by atoms with E-state index in [1.165, 1.54) is 25.3 Å². The Kier molecular flexibility index (Phi) is 6.08. The lowest BCUT2D eigenvalue weighted by atomic mass is 10.0. The van der Waals surface area contributed by atoms with Crippen molar-refractivity contribution in [2.24, 2.45) is 0 Å². The molecule has 2 aliphatic heterocycles. The fraction of sp³-hybridized carbons (Fsp3) is 0.600. The minimum Gasteiger partial charge on any atom is -0.356 e. The first-order valence-corrected chi connectivity index (χ1v) is 9.47. The fourth-order valence-corrected chi connectivity index (χ4v) is 4.29. The molecule has 1 aromatic rings. The molecule has 2 fully saturated rings.